The second kappa shape index (κ2) is 5.74. The molecule has 2 atom stereocenters. The quantitative estimate of drug-likeness (QED) is 0.793. The predicted octanol–water partition coefficient (Wildman–Crippen LogP) is 2.26. The van der Waals surface area contributed by atoms with E-state index < -0.39 is 5.60 Å². The van der Waals surface area contributed by atoms with E-state index in [4.69, 9.17) is 9.47 Å². The second-order valence-corrected chi connectivity index (χ2v) is 7.11. The van der Waals surface area contributed by atoms with Crippen LogP contribution in [-0.2, 0) is 14.3 Å². The number of carbonyl (C=O) groups is 1. The standard InChI is InChI=1S/C16H29NO3/c1-6-19-12-8-7-9-17(10-12)11-13-14(18)16(4,5)20-15(13,2)3/h12-13H,6-11H2,1-5H3. The third kappa shape index (κ3) is 3.23. The summed E-state index contributed by atoms with van der Waals surface area (Å²) in [5, 5.41) is 0. The molecule has 0 N–H and O–H groups in total. The SMILES string of the molecule is CCOC1CCCN(CC2C(=O)C(C)(C)OC2(C)C)C1. The van der Waals surface area contributed by atoms with Crippen molar-refractivity contribution in [1.82, 2.24) is 4.90 Å². The lowest BCUT2D eigenvalue weighted by molar-refractivity contribution is -0.132. The van der Waals surface area contributed by atoms with Crippen LogP contribution in [0.1, 0.15) is 47.5 Å². The van der Waals surface area contributed by atoms with E-state index >= 15 is 0 Å². The fraction of sp³-hybridized carbons (Fsp3) is 0.938. The van der Waals surface area contributed by atoms with Crippen LogP contribution in [0.5, 0.6) is 0 Å². The number of piperidine rings is 1. The molecule has 0 radical (unpaired) electrons. The summed E-state index contributed by atoms with van der Waals surface area (Å²) in [7, 11) is 0. The first-order valence-electron chi connectivity index (χ1n) is 7.84. The van der Waals surface area contributed by atoms with Crippen molar-refractivity contribution in [2.75, 3.05) is 26.2 Å². The van der Waals surface area contributed by atoms with Crippen LogP contribution in [0.2, 0.25) is 0 Å². The van der Waals surface area contributed by atoms with E-state index in [1.807, 2.05) is 34.6 Å². The van der Waals surface area contributed by atoms with Gasteiger partial charge in [0.25, 0.3) is 0 Å². The summed E-state index contributed by atoms with van der Waals surface area (Å²) in [4.78, 5) is 14.9. The van der Waals surface area contributed by atoms with Crippen molar-refractivity contribution >= 4 is 5.78 Å². The monoisotopic (exact) mass is 283 g/mol. The Kier molecular flexibility index (Phi) is 4.57. The number of nitrogens with zero attached hydrogens (tertiary/aromatic N) is 1. The van der Waals surface area contributed by atoms with Gasteiger partial charge in [-0.05, 0) is 54.0 Å². The number of ether oxygens (including phenoxy) is 2. The van der Waals surface area contributed by atoms with Gasteiger partial charge in [-0.2, -0.15) is 0 Å². The summed E-state index contributed by atoms with van der Waals surface area (Å²) >= 11 is 0. The van der Waals surface area contributed by atoms with Gasteiger partial charge in [-0.15, -0.1) is 0 Å². The molecule has 2 fully saturated rings. The molecule has 4 heteroatoms. The highest BCUT2D eigenvalue weighted by Crippen LogP contribution is 2.39. The third-order valence-electron chi connectivity index (χ3n) is 4.57. The average molecular weight is 283 g/mol. The minimum absolute atomic E-state index is 0.0436. The Labute approximate surface area is 122 Å². The fourth-order valence-corrected chi connectivity index (χ4v) is 3.63. The Morgan fingerprint density at radius 2 is 2.05 bits per heavy atom. The first-order valence-corrected chi connectivity index (χ1v) is 7.84. The molecule has 0 saturated carbocycles. The van der Waals surface area contributed by atoms with Crippen LogP contribution in [0.25, 0.3) is 0 Å². The molecule has 0 spiro atoms. The Morgan fingerprint density at radius 3 is 2.60 bits per heavy atom. The van der Waals surface area contributed by atoms with Crippen LogP contribution in [0.4, 0.5) is 0 Å². The zero-order valence-electron chi connectivity index (χ0n) is 13.6. The second-order valence-electron chi connectivity index (χ2n) is 7.11. The molecule has 2 rings (SSSR count). The van der Waals surface area contributed by atoms with E-state index in [1.165, 1.54) is 0 Å². The molecule has 116 valence electrons. The first-order chi connectivity index (χ1) is 9.26. The first kappa shape index (κ1) is 15.9. The molecule has 20 heavy (non-hydrogen) atoms. The molecule has 2 saturated heterocycles. The van der Waals surface area contributed by atoms with Gasteiger partial charge in [0, 0.05) is 19.7 Å². The Hall–Kier alpha value is -0.450. The lowest BCUT2D eigenvalue weighted by Gasteiger charge is -2.36. The van der Waals surface area contributed by atoms with Crippen molar-refractivity contribution in [3.8, 4) is 0 Å². The largest absolute Gasteiger partial charge is 0.377 e. The maximum atomic E-state index is 12.5. The number of hydrogen-bond donors (Lipinski definition) is 0. The predicted molar refractivity (Wildman–Crippen MR) is 78.8 cm³/mol. The van der Waals surface area contributed by atoms with Gasteiger partial charge in [0.15, 0.2) is 5.78 Å². The lowest BCUT2D eigenvalue weighted by atomic mass is 9.85. The van der Waals surface area contributed by atoms with Crippen molar-refractivity contribution in [1.29, 1.82) is 0 Å². The van der Waals surface area contributed by atoms with Gasteiger partial charge in [0.2, 0.25) is 0 Å². The summed E-state index contributed by atoms with van der Waals surface area (Å²) < 4.78 is 11.7. The third-order valence-corrected chi connectivity index (χ3v) is 4.57. The number of carbonyl (C=O) groups excluding carboxylic acids is 1. The van der Waals surface area contributed by atoms with Gasteiger partial charge in [0.05, 0.1) is 17.6 Å². The average Bonchev–Trinajstić information content (AvgIpc) is 2.49. The topological polar surface area (TPSA) is 38.8 Å². The Bertz CT molecular complexity index is 363. The van der Waals surface area contributed by atoms with Crippen LogP contribution in [0.3, 0.4) is 0 Å². The van der Waals surface area contributed by atoms with Crippen LogP contribution in [-0.4, -0.2) is 54.2 Å². The van der Waals surface area contributed by atoms with Crippen molar-refractivity contribution < 1.29 is 14.3 Å². The van der Waals surface area contributed by atoms with Gasteiger partial charge < -0.3 is 9.47 Å². The normalized spacial score (nSPS) is 33.5. The molecular weight excluding hydrogens is 254 g/mol. The van der Waals surface area contributed by atoms with E-state index in [0.29, 0.717) is 6.10 Å². The number of rotatable bonds is 4. The smallest absolute Gasteiger partial charge is 0.171 e. The van der Waals surface area contributed by atoms with Gasteiger partial charge in [-0.3, -0.25) is 9.69 Å². The van der Waals surface area contributed by atoms with Gasteiger partial charge in [-0.1, -0.05) is 0 Å². The highest BCUT2D eigenvalue weighted by molar-refractivity contribution is 5.91. The summed E-state index contributed by atoms with van der Waals surface area (Å²) in [5.41, 5.74) is -1.03. The van der Waals surface area contributed by atoms with Crippen molar-refractivity contribution in [2.45, 2.75) is 64.8 Å². The molecule has 2 aliphatic rings. The van der Waals surface area contributed by atoms with E-state index in [-0.39, 0.29) is 17.3 Å². The number of Topliss-reactive ketones (excluding diaryl/α,β-unsaturated/α-hetero) is 1. The molecule has 0 aliphatic carbocycles. The Balaban J connectivity index is 2.00. The van der Waals surface area contributed by atoms with E-state index in [1.54, 1.807) is 0 Å². The fourth-order valence-electron chi connectivity index (χ4n) is 3.63. The van der Waals surface area contributed by atoms with E-state index in [0.717, 1.165) is 39.1 Å². The van der Waals surface area contributed by atoms with Crippen LogP contribution < -0.4 is 0 Å². The molecule has 2 heterocycles. The zero-order chi connectivity index (χ0) is 15.0. The lowest BCUT2D eigenvalue weighted by Crippen LogP contribution is -2.46. The number of ketones is 1. The highest BCUT2D eigenvalue weighted by atomic mass is 16.5. The summed E-state index contributed by atoms with van der Waals surface area (Å²) in [5.74, 6) is 0.193. The minimum atomic E-state index is -0.650. The van der Waals surface area contributed by atoms with Crippen LogP contribution >= 0.6 is 0 Å². The molecule has 2 aliphatic heterocycles. The van der Waals surface area contributed by atoms with Crippen LogP contribution in [0.15, 0.2) is 0 Å². The van der Waals surface area contributed by atoms with Gasteiger partial charge in [0.1, 0.15) is 5.60 Å². The molecule has 0 amide bonds. The maximum Gasteiger partial charge on any atom is 0.171 e. The molecule has 0 aromatic carbocycles. The summed E-state index contributed by atoms with van der Waals surface area (Å²) in [6, 6.07) is 0. The number of likely N-dealkylation sites (tertiary alicyclic amines) is 1. The van der Waals surface area contributed by atoms with Crippen molar-refractivity contribution in [2.24, 2.45) is 5.92 Å². The highest BCUT2D eigenvalue weighted by Gasteiger charge is 2.53. The van der Waals surface area contributed by atoms with Crippen LogP contribution in [0, 0.1) is 5.92 Å². The van der Waals surface area contributed by atoms with E-state index in [2.05, 4.69) is 4.90 Å². The zero-order valence-corrected chi connectivity index (χ0v) is 13.6. The van der Waals surface area contributed by atoms with E-state index in [9.17, 15) is 4.79 Å². The van der Waals surface area contributed by atoms with Crippen molar-refractivity contribution in [3.63, 3.8) is 0 Å². The minimum Gasteiger partial charge on any atom is -0.377 e. The molecule has 4 nitrogen and oxygen atoms in total. The molecular formula is C16H29NO3. The molecule has 0 bridgehead atoms. The Morgan fingerprint density at radius 1 is 1.35 bits per heavy atom. The van der Waals surface area contributed by atoms with Gasteiger partial charge in [-0.25, -0.2) is 0 Å². The summed E-state index contributed by atoms with van der Waals surface area (Å²) in [6.45, 7) is 13.4. The maximum absolute atomic E-state index is 12.5. The molecule has 2 unspecified atom stereocenters. The van der Waals surface area contributed by atoms with Gasteiger partial charge >= 0.3 is 0 Å². The van der Waals surface area contributed by atoms with Crippen molar-refractivity contribution in [3.05, 3.63) is 0 Å². The number of hydrogen-bond acceptors (Lipinski definition) is 4. The summed E-state index contributed by atoms with van der Waals surface area (Å²) in [6.07, 6.45) is 2.60. The molecule has 0 aromatic heterocycles. The molecule has 0 aromatic rings.